The highest BCUT2D eigenvalue weighted by molar-refractivity contribution is 5.68. The van der Waals surface area contributed by atoms with Crippen LogP contribution in [0, 0.1) is 0 Å². The van der Waals surface area contributed by atoms with Crippen molar-refractivity contribution in [1.29, 1.82) is 0 Å². The standard InChI is InChI=1S/C19H27NO4/c1-18(2,3)24-17(22)20-10-8-19(9-11-20)12-14(13-21)15-6-4-5-7-16(15)23-19/h4-7,14,21H,8-13H2,1-3H3/t14-/m0/s1. The van der Waals surface area contributed by atoms with Crippen molar-refractivity contribution >= 4 is 6.09 Å². The lowest BCUT2D eigenvalue weighted by Gasteiger charge is -2.46. The molecule has 0 aromatic heterocycles. The number of benzene rings is 1. The van der Waals surface area contributed by atoms with Gasteiger partial charge in [-0.2, -0.15) is 0 Å². The molecule has 2 aliphatic heterocycles. The number of amides is 1. The zero-order valence-corrected chi connectivity index (χ0v) is 14.7. The monoisotopic (exact) mass is 333 g/mol. The van der Waals surface area contributed by atoms with Gasteiger partial charge in [0.05, 0.1) is 6.61 Å². The number of rotatable bonds is 1. The summed E-state index contributed by atoms with van der Waals surface area (Å²) in [5.41, 5.74) is 0.314. The zero-order valence-electron chi connectivity index (χ0n) is 14.7. The largest absolute Gasteiger partial charge is 0.487 e. The summed E-state index contributed by atoms with van der Waals surface area (Å²) in [4.78, 5) is 14.0. The minimum Gasteiger partial charge on any atom is -0.487 e. The van der Waals surface area contributed by atoms with E-state index in [1.54, 1.807) is 4.90 Å². The van der Waals surface area contributed by atoms with Crippen molar-refractivity contribution in [2.75, 3.05) is 19.7 Å². The van der Waals surface area contributed by atoms with E-state index in [-0.39, 0.29) is 24.2 Å². The highest BCUT2D eigenvalue weighted by Gasteiger charge is 2.44. The zero-order chi connectivity index (χ0) is 17.4. The number of para-hydroxylation sites is 1. The molecule has 2 heterocycles. The molecule has 0 saturated carbocycles. The van der Waals surface area contributed by atoms with E-state index in [0.29, 0.717) is 13.1 Å². The van der Waals surface area contributed by atoms with Crippen LogP contribution in [0.15, 0.2) is 24.3 Å². The summed E-state index contributed by atoms with van der Waals surface area (Å²) >= 11 is 0. The fraction of sp³-hybridized carbons (Fsp3) is 0.632. The second kappa shape index (κ2) is 6.28. The first-order chi connectivity index (χ1) is 11.3. The van der Waals surface area contributed by atoms with Crippen LogP contribution in [0.25, 0.3) is 0 Å². The number of aliphatic hydroxyl groups excluding tert-OH is 1. The minimum absolute atomic E-state index is 0.100. The molecule has 1 atom stereocenters. The van der Waals surface area contributed by atoms with Crippen LogP contribution >= 0.6 is 0 Å². The molecule has 132 valence electrons. The molecule has 0 bridgehead atoms. The van der Waals surface area contributed by atoms with Gasteiger partial charge in [0.1, 0.15) is 17.0 Å². The number of carbonyl (C=O) groups is 1. The second-order valence-electron chi connectivity index (χ2n) is 7.87. The molecule has 1 amide bonds. The summed E-state index contributed by atoms with van der Waals surface area (Å²) in [7, 11) is 0. The van der Waals surface area contributed by atoms with E-state index in [9.17, 15) is 9.90 Å². The van der Waals surface area contributed by atoms with Gasteiger partial charge in [-0.15, -0.1) is 0 Å². The van der Waals surface area contributed by atoms with Gasteiger partial charge in [0, 0.05) is 31.8 Å². The summed E-state index contributed by atoms with van der Waals surface area (Å²) in [5.74, 6) is 0.969. The van der Waals surface area contributed by atoms with Crippen LogP contribution in [0.1, 0.15) is 51.5 Å². The molecule has 1 saturated heterocycles. The SMILES string of the molecule is CC(C)(C)OC(=O)N1CCC2(CC1)C[C@@H](CO)c1ccccc1O2. The van der Waals surface area contributed by atoms with Crippen molar-refractivity contribution < 1.29 is 19.4 Å². The maximum absolute atomic E-state index is 12.2. The Labute approximate surface area is 143 Å². The topological polar surface area (TPSA) is 59.0 Å². The number of hydrogen-bond acceptors (Lipinski definition) is 4. The molecule has 24 heavy (non-hydrogen) atoms. The highest BCUT2D eigenvalue weighted by atomic mass is 16.6. The van der Waals surface area contributed by atoms with Crippen molar-refractivity contribution in [3.8, 4) is 5.75 Å². The third-order valence-corrected chi connectivity index (χ3v) is 4.85. The van der Waals surface area contributed by atoms with E-state index < -0.39 is 5.60 Å². The maximum Gasteiger partial charge on any atom is 0.410 e. The van der Waals surface area contributed by atoms with Gasteiger partial charge in [-0.1, -0.05) is 18.2 Å². The molecule has 0 radical (unpaired) electrons. The van der Waals surface area contributed by atoms with Gasteiger partial charge in [-0.05, 0) is 38.8 Å². The smallest absolute Gasteiger partial charge is 0.410 e. The predicted molar refractivity (Wildman–Crippen MR) is 91.3 cm³/mol. The second-order valence-corrected chi connectivity index (χ2v) is 7.87. The van der Waals surface area contributed by atoms with Gasteiger partial charge in [0.2, 0.25) is 0 Å². The number of piperidine rings is 1. The minimum atomic E-state index is -0.478. The maximum atomic E-state index is 12.2. The van der Waals surface area contributed by atoms with Crippen molar-refractivity contribution in [2.24, 2.45) is 0 Å². The predicted octanol–water partition coefficient (Wildman–Crippen LogP) is 3.31. The average Bonchev–Trinajstić information content (AvgIpc) is 2.53. The lowest BCUT2D eigenvalue weighted by molar-refractivity contribution is -0.0359. The Balaban J connectivity index is 1.69. The number of hydrogen-bond donors (Lipinski definition) is 1. The van der Waals surface area contributed by atoms with Gasteiger partial charge in [0.15, 0.2) is 0 Å². The van der Waals surface area contributed by atoms with Crippen molar-refractivity contribution in [3.05, 3.63) is 29.8 Å². The third-order valence-electron chi connectivity index (χ3n) is 4.85. The Hall–Kier alpha value is -1.75. The fourth-order valence-electron chi connectivity index (χ4n) is 3.64. The van der Waals surface area contributed by atoms with Crippen LogP contribution in [0.3, 0.4) is 0 Å². The number of nitrogens with zero attached hydrogens (tertiary/aromatic N) is 1. The number of fused-ring (bicyclic) bond motifs is 1. The molecule has 0 aliphatic carbocycles. The van der Waals surface area contributed by atoms with E-state index in [4.69, 9.17) is 9.47 Å². The van der Waals surface area contributed by atoms with Gasteiger partial charge in [-0.25, -0.2) is 4.79 Å². The first-order valence-corrected chi connectivity index (χ1v) is 8.69. The summed E-state index contributed by atoms with van der Waals surface area (Å²) in [5, 5.41) is 9.78. The Morgan fingerprint density at radius 1 is 1.33 bits per heavy atom. The molecule has 1 N–H and O–H groups in total. The Kier molecular flexibility index (Phi) is 4.47. The summed E-state index contributed by atoms with van der Waals surface area (Å²) in [6.07, 6.45) is 2.06. The number of aliphatic hydroxyl groups is 1. The van der Waals surface area contributed by atoms with Crippen LogP contribution in [-0.2, 0) is 4.74 Å². The Bertz CT molecular complexity index is 600. The Morgan fingerprint density at radius 2 is 2.00 bits per heavy atom. The van der Waals surface area contributed by atoms with Gasteiger partial charge in [0.25, 0.3) is 0 Å². The first kappa shape index (κ1) is 17.1. The molecule has 5 nitrogen and oxygen atoms in total. The molecule has 1 spiro atoms. The van der Waals surface area contributed by atoms with Gasteiger partial charge in [-0.3, -0.25) is 0 Å². The normalized spacial score (nSPS) is 22.7. The number of ether oxygens (including phenoxy) is 2. The molecule has 1 fully saturated rings. The molecular weight excluding hydrogens is 306 g/mol. The highest BCUT2D eigenvalue weighted by Crippen LogP contribution is 2.45. The number of carbonyl (C=O) groups excluding carboxylic acids is 1. The Morgan fingerprint density at radius 3 is 2.62 bits per heavy atom. The first-order valence-electron chi connectivity index (χ1n) is 8.69. The molecule has 1 aromatic rings. The van der Waals surface area contributed by atoms with Crippen LogP contribution < -0.4 is 4.74 Å². The van der Waals surface area contributed by atoms with E-state index in [2.05, 4.69) is 0 Å². The van der Waals surface area contributed by atoms with Gasteiger partial charge >= 0.3 is 6.09 Å². The molecule has 1 aromatic carbocycles. The molecule has 5 heteroatoms. The molecular formula is C19H27NO4. The van der Waals surface area contributed by atoms with E-state index in [0.717, 1.165) is 30.6 Å². The summed E-state index contributed by atoms with van der Waals surface area (Å²) in [6.45, 7) is 7.00. The number of likely N-dealkylation sites (tertiary alicyclic amines) is 1. The van der Waals surface area contributed by atoms with E-state index >= 15 is 0 Å². The van der Waals surface area contributed by atoms with Crippen LogP contribution in [0.4, 0.5) is 4.79 Å². The lowest BCUT2D eigenvalue weighted by atomic mass is 9.78. The fourth-order valence-corrected chi connectivity index (χ4v) is 3.64. The van der Waals surface area contributed by atoms with Crippen molar-refractivity contribution in [2.45, 2.75) is 57.2 Å². The van der Waals surface area contributed by atoms with Crippen LogP contribution in [0.2, 0.25) is 0 Å². The molecule has 0 unspecified atom stereocenters. The van der Waals surface area contributed by atoms with E-state index in [1.807, 2.05) is 45.0 Å². The third kappa shape index (κ3) is 3.51. The average molecular weight is 333 g/mol. The van der Waals surface area contributed by atoms with Crippen molar-refractivity contribution in [3.63, 3.8) is 0 Å². The quantitative estimate of drug-likeness (QED) is 0.856. The van der Waals surface area contributed by atoms with Gasteiger partial charge < -0.3 is 19.5 Å². The molecule has 2 aliphatic rings. The lowest BCUT2D eigenvalue weighted by Crippen LogP contribution is -2.52. The van der Waals surface area contributed by atoms with E-state index in [1.165, 1.54) is 0 Å². The summed E-state index contributed by atoms with van der Waals surface area (Å²) < 4.78 is 11.8. The van der Waals surface area contributed by atoms with Crippen LogP contribution in [0.5, 0.6) is 5.75 Å². The summed E-state index contributed by atoms with van der Waals surface area (Å²) in [6, 6.07) is 7.94. The van der Waals surface area contributed by atoms with Crippen molar-refractivity contribution in [1.82, 2.24) is 4.90 Å². The van der Waals surface area contributed by atoms with Crippen LogP contribution in [-0.4, -0.2) is 47.0 Å². The molecule has 3 rings (SSSR count).